The molecule has 0 saturated heterocycles. The van der Waals surface area contributed by atoms with Gasteiger partial charge >= 0.3 is 5.69 Å². The van der Waals surface area contributed by atoms with Crippen LogP contribution >= 0.6 is 0 Å². The molecule has 0 aliphatic rings. The lowest BCUT2D eigenvalue weighted by molar-refractivity contribution is 0.104. The maximum absolute atomic E-state index is 12.8. The molecule has 8 nitrogen and oxygen atoms in total. The van der Waals surface area contributed by atoms with Crippen LogP contribution in [0.5, 0.6) is 17.2 Å². The average Bonchev–Trinajstić information content (AvgIpc) is 3.51. The largest absolute Gasteiger partial charge is 0.493 e. The summed E-state index contributed by atoms with van der Waals surface area (Å²) in [5.74, 6) is 1.78. The Hall–Kier alpha value is -4.46. The average molecular weight is 446 g/mol. The fourth-order valence-corrected chi connectivity index (χ4v) is 3.42. The van der Waals surface area contributed by atoms with Crippen LogP contribution < -0.4 is 19.9 Å². The fourth-order valence-electron chi connectivity index (χ4n) is 3.42. The number of rotatable bonds is 8. The topological polar surface area (TPSA) is 95.7 Å². The standard InChI is InChI=1S/C25H22N2O6/c1-30-22-12-16(13-23(31-2)24(22)32-3)9-10-20(28)17-6-4-7-18(14-17)27-15-19(26-25(27)29)21-8-5-11-33-21/h4-15H,1-3H3,(H,26,29). The van der Waals surface area contributed by atoms with Gasteiger partial charge in [0.2, 0.25) is 5.75 Å². The minimum absolute atomic E-state index is 0.222. The highest BCUT2D eigenvalue weighted by molar-refractivity contribution is 6.07. The molecule has 33 heavy (non-hydrogen) atoms. The molecule has 8 heteroatoms. The van der Waals surface area contributed by atoms with Crippen molar-refractivity contribution in [3.63, 3.8) is 0 Å². The molecule has 1 N–H and O–H groups in total. The number of H-pyrrole nitrogens is 1. The molecule has 0 unspecified atom stereocenters. The molecule has 4 aromatic rings. The van der Waals surface area contributed by atoms with Crippen molar-refractivity contribution in [2.24, 2.45) is 0 Å². The van der Waals surface area contributed by atoms with E-state index < -0.39 is 0 Å². The van der Waals surface area contributed by atoms with Crippen LogP contribution in [0.2, 0.25) is 0 Å². The van der Waals surface area contributed by atoms with Gasteiger partial charge in [0.25, 0.3) is 0 Å². The van der Waals surface area contributed by atoms with E-state index in [-0.39, 0.29) is 11.5 Å². The number of allylic oxidation sites excluding steroid dienone is 1. The van der Waals surface area contributed by atoms with Crippen LogP contribution in [0.1, 0.15) is 15.9 Å². The van der Waals surface area contributed by atoms with E-state index in [2.05, 4.69) is 4.98 Å². The smallest absolute Gasteiger partial charge is 0.330 e. The number of aromatic nitrogens is 2. The lowest BCUT2D eigenvalue weighted by atomic mass is 10.1. The predicted molar refractivity (Wildman–Crippen MR) is 124 cm³/mol. The normalized spacial score (nSPS) is 11.0. The van der Waals surface area contributed by atoms with Gasteiger partial charge in [-0.05, 0) is 48.0 Å². The highest BCUT2D eigenvalue weighted by Crippen LogP contribution is 2.38. The zero-order valence-corrected chi connectivity index (χ0v) is 18.3. The van der Waals surface area contributed by atoms with Gasteiger partial charge in [-0.25, -0.2) is 4.79 Å². The van der Waals surface area contributed by atoms with Crippen molar-refractivity contribution >= 4 is 11.9 Å². The SMILES string of the molecule is COc1cc(C=CC(=O)c2cccc(-n3cc(-c4ccco4)[nH]c3=O)c2)cc(OC)c1OC. The van der Waals surface area contributed by atoms with Crippen LogP contribution in [0.4, 0.5) is 0 Å². The van der Waals surface area contributed by atoms with Crippen LogP contribution in [0, 0.1) is 0 Å². The van der Waals surface area contributed by atoms with Crippen molar-refractivity contribution in [2.75, 3.05) is 21.3 Å². The molecule has 0 radical (unpaired) electrons. The Morgan fingerprint density at radius 2 is 1.76 bits per heavy atom. The highest BCUT2D eigenvalue weighted by atomic mass is 16.5. The van der Waals surface area contributed by atoms with Gasteiger partial charge in [-0.3, -0.25) is 9.36 Å². The molecule has 0 amide bonds. The number of methoxy groups -OCH3 is 3. The maximum atomic E-state index is 12.8. The molecule has 0 aliphatic heterocycles. The van der Waals surface area contributed by atoms with Crippen LogP contribution in [0.25, 0.3) is 23.2 Å². The molecular formula is C25H22N2O6. The number of imidazole rings is 1. The Balaban J connectivity index is 1.60. The number of furan rings is 1. The first-order valence-electron chi connectivity index (χ1n) is 10.0. The van der Waals surface area contributed by atoms with Gasteiger partial charge in [-0.15, -0.1) is 0 Å². The lowest BCUT2D eigenvalue weighted by Crippen LogP contribution is -2.14. The lowest BCUT2D eigenvalue weighted by Gasteiger charge is -2.12. The predicted octanol–water partition coefficient (Wildman–Crippen LogP) is 4.35. The van der Waals surface area contributed by atoms with Gasteiger partial charge in [0.1, 0.15) is 5.69 Å². The molecule has 2 aromatic heterocycles. The third kappa shape index (κ3) is 4.45. The van der Waals surface area contributed by atoms with Crippen molar-refractivity contribution in [3.05, 3.63) is 88.7 Å². The molecule has 0 aliphatic carbocycles. The van der Waals surface area contributed by atoms with Gasteiger partial charge in [0, 0.05) is 11.8 Å². The fraction of sp³-hybridized carbons (Fsp3) is 0.120. The number of hydrogen-bond donors (Lipinski definition) is 1. The molecule has 0 bridgehead atoms. The third-order valence-corrected chi connectivity index (χ3v) is 5.03. The molecule has 2 heterocycles. The van der Waals surface area contributed by atoms with E-state index in [1.54, 1.807) is 60.8 Å². The molecule has 0 fully saturated rings. The zero-order valence-electron chi connectivity index (χ0n) is 18.3. The number of nitrogens with one attached hydrogen (secondary N) is 1. The Bertz CT molecular complexity index is 1340. The minimum Gasteiger partial charge on any atom is -0.493 e. The number of aromatic amines is 1. The number of benzene rings is 2. The number of ketones is 1. The van der Waals surface area contributed by atoms with Crippen LogP contribution in [0.15, 0.2) is 76.3 Å². The molecule has 168 valence electrons. The summed E-state index contributed by atoms with van der Waals surface area (Å²) in [5, 5.41) is 0. The van der Waals surface area contributed by atoms with Gasteiger partial charge in [0.05, 0.1) is 33.3 Å². The second-order valence-electron chi connectivity index (χ2n) is 7.03. The highest BCUT2D eigenvalue weighted by Gasteiger charge is 2.13. The van der Waals surface area contributed by atoms with E-state index in [0.717, 1.165) is 0 Å². The summed E-state index contributed by atoms with van der Waals surface area (Å²) in [7, 11) is 4.59. The van der Waals surface area contributed by atoms with Crippen LogP contribution in [0.3, 0.4) is 0 Å². The Kier molecular flexibility index (Phi) is 6.17. The Morgan fingerprint density at radius 1 is 1.00 bits per heavy atom. The molecular weight excluding hydrogens is 424 g/mol. The van der Waals surface area contributed by atoms with Crippen molar-refractivity contribution in [1.82, 2.24) is 9.55 Å². The number of carbonyl (C=O) groups is 1. The molecule has 0 spiro atoms. The molecule has 4 rings (SSSR count). The van der Waals surface area contributed by atoms with Gasteiger partial charge < -0.3 is 23.6 Å². The summed E-state index contributed by atoms with van der Waals surface area (Å²) < 4.78 is 22.8. The van der Waals surface area contributed by atoms with Crippen molar-refractivity contribution in [3.8, 4) is 34.4 Å². The second-order valence-corrected chi connectivity index (χ2v) is 7.03. The van der Waals surface area contributed by atoms with Crippen LogP contribution in [-0.4, -0.2) is 36.7 Å². The Morgan fingerprint density at radius 3 is 2.39 bits per heavy atom. The first-order chi connectivity index (χ1) is 16.0. The van der Waals surface area contributed by atoms with E-state index in [4.69, 9.17) is 18.6 Å². The second kappa shape index (κ2) is 9.35. The molecule has 0 saturated carbocycles. The summed E-state index contributed by atoms with van der Waals surface area (Å²) >= 11 is 0. The summed E-state index contributed by atoms with van der Waals surface area (Å²) in [6, 6.07) is 13.8. The number of nitrogens with zero attached hydrogens (tertiary/aromatic N) is 1. The third-order valence-electron chi connectivity index (χ3n) is 5.03. The monoisotopic (exact) mass is 446 g/mol. The van der Waals surface area contributed by atoms with Gasteiger partial charge in [0.15, 0.2) is 23.0 Å². The molecule has 0 atom stereocenters. The summed E-state index contributed by atoms with van der Waals surface area (Å²) in [6.45, 7) is 0. The summed E-state index contributed by atoms with van der Waals surface area (Å²) in [5.41, 5.74) is 1.91. The van der Waals surface area contributed by atoms with E-state index in [9.17, 15) is 9.59 Å². The van der Waals surface area contributed by atoms with Crippen molar-refractivity contribution in [2.45, 2.75) is 0 Å². The van der Waals surface area contributed by atoms with Gasteiger partial charge in [-0.2, -0.15) is 0 Å². The van der Waals surface area contributed by atoms with Crippen molar-refractivity contribution in [1.29, 1.82) is 0 Å². The van der Waals surface area contributed by atoms with E-state index in [0.29, 0.717) is 45.5 Å². The number of hydrogen-bond acceptors (Lipinski definition) is 6. The first-order valence-corrected chi connectivity index (χ1v) is 10.0. The number of carbonyl (C=O) groups excluding carboxylic acids is 1. The summed E-state index contributed by atoms with van der Waals surface area (Å²) in [6.07, 6.45) is 6.28. The van der Waals surface area contributed by atoms with E-state index >= 15 is 0 Å². The maximum Gasteiger partial charge on any atom is 0.330 e. The van der Waals surface area contributed by atoms with Gasteiger partial charge in [-0.1, -0.05) is 18.2 Å². The Labute approximate surface area is 189 Å². The first kappa shape index (κ1) is 21.8. The van der Waals surface area contributed by atoms with E-state index in [1.807, 2.05) is 0 Å². The zero-order chi connectivity index (χ0) is 23.4. The quantitative estimate of drug-likeness (QED) is 0.319. The molecule has 2 aromatic carbocycles. The minimum atomic E-state index is -0.334. The summed E-state index contributed by atoms with van der Waals surface area (Å²) in [4.78, 5) is 28.0. The van der Waals surface area contributed by atoms with E-state index in [1.165, 1.54) is 38.2 Å². The van der Waals surface area contributed by atoms with Crippen molar-refractivity contribution < 1.29 is 23.4 Å². The number of ether oxygens (including phenoxy) is 3. The van der Waals surface area contributed by atoms with Crippen LogP contribution in [-0.2, 0) is 0 Å².